The van der Waals surface area contributed by atoms with Gasteiger partial charge in [-0.05, 0) is 26.0 Å². The van der Waals surface area contributed by atoms with Crippen molar-refractivity contribution in [1.82, 2.24) is 4.31 Å². The van der Waals surface area contributed by atoms with Crippen molar-refractivity contribution in [2.75, 3.05) is 6.54 Å². The molecular formula is C11H17NO4S2. The van der Waals surface area contributed by atoms with E-state index in [-0.39, 0.29) is 17.2 Å². The Bertz CT molecular complexity index is 521. The van der Waals surface area contributed by atoms with Crippen molar-refractivity contribution in [3.8, 4) is 0 Å². The molecule has 1 rings (SSSR count). The van der Waals surface area contributed by atoms with Gasteiger partial charge in [-0.25, -0.2) is 8.42 Å². The average molecular weight is 291 g/mol. The fourth-order valence-electron chi connectivity index (χ4n) is 1.74. The molecule has 1 unspecified atom stereocenters. The van der Waals surface area contributed by atoms with Crippen molar-refractivity contribution in [2.45, 2.75) is 37.4 Å². The van der Waals surface area contributed by atoms with E-state index < -0.39 is 22.0 Å². The van der Waals surface area contributed by atoms with Crippen LogP contribution in [0.25, 0.3) is 0 Å². The highest BCUT2D eigenvalue weighted by molar-refractivity contribution is 7.91. The fraction of sp³-hybridized carbons (Fsp3) is 0.545. The van der Waals surface area contributed by atoms with Crippen LogP contribution >= 0.6 is 11.3 Å². The van der Waals surface area contributed by atoms with Gasteiger partial charge < -0.3 is 5.11 Å². The molecule has 1 aromatic rings. The van der Waals surface area contributed by atoms with E-state index in [4.69, 9.17) is 5.11 Å². The Morgan fingerprint density at radius 2 is 2.11 bits per heavy atom. The SMILES string of the molecule is CCN(C(C)CC(=O)O)S(=O)(=O)c1ccc(C)s1. The average Bonchev–Trinajstić information content (AvgIpc) is 2.64. The Labute approximate surface area is 111 Å². The maximum atomic E-state index is 12.3. The largest absolute Gasteiger partial charge is 0.481 e. The molecule has 1 aromatic heterocycles. The summed E-state index contributed by atoms with van der Waals surface area (Å²) in [4.78, 5) is 11.6. The topological polar surface area (TPSA) is 74.7 Å². The second-order valence-electron chi connectivity index (χ2n) is 4.02. The molecule has 0 aromatic carbocycles. The summed E-state index contributed by atoms with van der Waals surface area (Å²) in [5.41, 5.74) is 0. The van der Waals surface area contributed by atoms with Gasteiger partial charge in [-0.3, -0.25) is 4.79 Å². The van der Waals surface area contributed by atoms with Crippen molar-refractivity contribution >= 4 is 27.3 Å². The molecule has 7 heteroatoms. The maximum absolute atomic E-state index is 12.3. The summed E-state index contributed by atoms with van der Waals surface area (Å²) >= 11 is 1.20. The van der Waals surface area contributed by atoms with E-state index in [0.717, 1.165) is 4.88 Å². The van der Waals surface area contributed by atoms with Crippen molar-refractivity contribution in [3.63, 3.8) is 0 Å². The van der Waals surface area contributed by atoms with Crippen LogP contribution in [0.3, 0.4) is 0 Å². The molecule has 0 bridgehead atoms. The third-order valence-electron chi connectivity index (χ3n) is 2.55. The van der Waals surface area contributed by atoms with E-state index in [2.05, 4.69) is 0 Å². The fourth-order valence-corrected chi connectivity index (χ4v) is 4.79. The van der Waals surface area contributed by atoms with Gasteiger partial charge in [-0.15, -0.1) is 11.3 Å². The second kappa shape index (κ2) is 5.81. The van der Waals surface area contributed by atoms with Crippen LogP contribution in [0, 0.1) is 6.92 Å². The van der Waals surface area contributed by atoms with Gasteiger partial charge in [-0.2, -0.15) is 4.31 Å². The molecule has 102 valence electrons. The van der Waals surface area contributed by atoms with E-state index in [1.54, 1.807) is 26.0 Å². The van der Waals surface area contributed by atoms with Gasteiger partial charge in [0.25, 0.3) is 10.0 Å². The molecule has 0 amide bonds. The number of carboxylic acid groups (broad SMARTS) is 1. The lowest BCUT2D eigenvalue weighted by molar-refractivity contribution is -0.137. The first kappa shape index (κ1) is 15.1. The molecular weight excluding hydrogens is 274 g/mol. The summed E-state index contributed by atoms with van der Waals surface area (Å²) in [5, 5.41) is 8.75. The van der Waals surface area contributed by atoms with Crippen LogP contribution in [0.1, 0.15) is 25.1 Å². The summed E-state index contributed by atoms with van der Waals surface area (Å²) < 4.78 is 26.2. The number of hydrogen-bond donors (Lipinski definition) is 1. The number of sulfonamides is 1. The molecule has 0 aliphatic rings. The Morgan fingerprint density at radius 1 is 1.50 bits per heavy atom. The van der Waals surface area contributed by atoms with E-state index in [1.165, 1.54) is 15.6 Å². The number of nitrogens with zero attached hydrogens (tertiary/aromatic N) is 1. The van der Waals surface area contributed by atoms with Crippen molar-refractivity contribution in [1.29, 1.82) is 0 Å². The minimum absolute atomic E-state index is 0.197. The van der Waals surface area contributed by atoms with Gasteiger partial charge in [-0.1, -0.05) is 6.92 Å². The highest BCUT2D eigenvalue weighted by Gasteiger charge is 2.29. The molecule has 0 aliphatic carbocycles. The standard InChI is InChI=1S/C11H17NO4S2/c1-4-12(8(2)7-10(13)14)18(15,16)11-6-5-9(3)17-11/h5-6,8H,4,7H2,1-3H3,(H,13,14). The highest BCUT2D eigenvalue weighted by Crippen LogP contribution is 2.26. The van der Waals surface area contributed by atoms with Crippen molar-refractivity contribution < 1.29 is 18.3 Å². The lowest BCUT2D eigenvalue weighted by atomic mass is 10.2. The van der Waals surface area contributed by atoms with Crippen LogP contribution in [0.5, 0.6) is 0 Å². The number of hydrogen-bond acceptors (Lipinski definition) is 4. The Hall–Kier alpha value is -0.920. The number of aliphatic carboxylic acids is 1. The first-order valence-corrected chi connectivity index (χ1v) is 7.84. The third-order valence-corrected chi connectivity index (χ3v) is 6.11. The number of aryl methyl sites for hydroxylation is 1. The zero-order valence-corrected chi connectivity index (χ0v) is 12.2. The molecule has 0 spiro atoms. The van der Waals surface area contributed by atoms with E-state index in [9.17, 15) is 13.2 Å². The molecule has 5 nitrogen and oxygen atoms in total. The van der Waals surface area contributed by atoms with Crippen molar-refractivity contribution in [3.05, 3.63) is 17.0 Å². The zero-order chi connectivity index (χ0) is 13.9. The molecule has 1 heterocycles. The summed E-state index contributed by atoms with van der Waals surface area (Å²) in [6.45, 7) is 5.40. The van der Waals surface area contributed by atoms with Gasteiger partial charge in [0.05, 0.1) is 6.42 Å². The molecule has 1 N–H and O–H groups in total. The van der Waals surface area contributed by atoms with Gasteiger partial charge in [0.2, 0.25) is 0 Å². The lowest BCUT2D eigenvalue weighted by Gasteiger charge is -2.25. The number of thiophene rings is 1. The second-order valence-corrected chi connectivity index (χ2v) is 7.43. The predicted octanol–water partition coefficient (Wildman–Crippen LogP) is 1.93. The third kappa shape index (κ3) is 3.30. The summed E-state index contributed by atoms with van der Waals surface area (Å²) in [5.74, 6) is -1.00. The molecule has 18 heavy (non-hydrogen) atoms. The number of rotatable bonds is 6. The first-order valence-electron chi connectivity index (χ1n) is 5.59. The van der Waals surface area contributed by atoms with Crippen LogP contribution in [-0.4, -0.2) is 36.4 Å². The predicted molar refractivity (Wildman–Crippen MR) is 70.3 cm³/mol. The summed E-state index contributed by atoms with van der Waals surface area (Å²) in [6.07, 6.45) is -0.197. The summed E-state index contributed by atoms with van der Waals surface area (Å²) in [7, 11) is -3.59. The highest BCUT2D eigenvalue weighted by atomic mass is 32.2. The molecule has 0 saturated carbocycles. The molecule has 0 fully saturated rings. The Balaban J connectivity index is 3.04. The van der Waals surface area contributed by atoms with Crippen molar-refractivity contribution in [2.24, 2.45) is 0 Å². The Morgan fingerprint density at radius 3 is 2.50 bits per heavy atom. The maximum Gasteiger partial charge on any atom is 0.304 e. The van der Waals surface area contributed by atoms with E-state index in [1.807, 2.05) is 6.92 Å². The van der Waals surface area contributed by atoms with Gasteiger partial charge in [0.1, 0.15) is 4.21 Å². The van der Waals surface area contributed by atoms with Crippen LogP contribution in [0.4, 0.5) is 0 Å². The van der Waals surface area contributed by atoms with Gasteiger partial charge >= 0.3 is 5.97 Å². The lowest BCUT2D eigenvalue weighted by Crippen LogP contribution is -2.39. The van der Waals surface area contributed by atoms with E-state index >= 15 is 0 Å². The number of carbonyl (C=O) groups is 1. The van der Waals surface area contributed by atoms with Crippen LogP contribution in [0.15, 0.2) is 16.3 Å². The first-order chi connectivity index (χ1) is 8.28. The molecule has 0 aliphatic heterocycles. The zero-order valence-electron chi connectivity index (χ0n) is 10.6. The monoisotopic (exact) mass is 291 g/mol. The van der Waals surface area contributed by atoms with E-state index in [0.29, 0.717) is 0 Å². The smallest absolute Gasteiger partial charge is 0.304 e. The van der Waals surface area contributed by atoms with Gasteiger partial charge in [0, 0.05) is 17.5 Å². The molecule has 0 saturated heterocycles. The molecule has 1 atom stereocenters. The van der Waals surface area contributed by atoms with Crippen LogP contribution < -0.4 is 0 Å². The van der Waals surface area contributed by atoms with Crippen LogP contribution in [0.2, 0.25) is 0 Å². The molecule has 0 radical (unpaired) electrons. The Kier molecular flexibility index (Phi) is 4.89. The minimum atomic E-state index is -3.59. The van der Waals surface area contributed by atoms with Gasteiger partial charge in [0.15, 0.2) is 0 Å². The quantitative estimate of drug-likeness (QED) is 0.869. The summed E-state index contributed by atoms with van der Waals surface area (Å²) in [6, 6.07) is 2.75. The normalized spacial score (nSPS) is 13.8. The van der Waals surface area contributed by atoms with Crippen LogP contribution in [-0.2, 0) is 14.8 Å². The number of carboxylic acids is 1. The minimum Gasteiger partial charge on any atom is -0.481 e.